The van der Waals surface area contributed by atoms with E-state index in [1.807, 2.05) is 0 Å². The molecule has 0 saturated carbocycles. The van der Waals surface area contributed by atoms with Crippen LogP contribution in [0.15, 0.2) is 4.90 Å². The van der Waals surface area contributed by atoms with Gasteiger partial charge in [-0.25, -0.2) is 8.42 Å². The molecule has 2 rings (SSSR count). The fourth-order valence-electron chi connectivity index (χ4n) is 2.70. The highest BCUT2D eigenvalue weighted by molar-refractivity contribution is 7.89. The monoisotopic (exact) mass is 315 g/mol. The molecule has 0 bridgehead atoms. The van der Waals surface area contributed by atoms with Crippen LogP contribution in [0, 0.1) is 13.8 Å². The van der Waals surface area contributed by atoms with E-state index in [9.17, 15) is 13.2 Å². The molecular weight excluding hydrogens is 294 g/mol. The van der Waals surface area contributed by atoms with Gasteiger partial charge in [-0.15, -0.1) is 0 Å². The number of sulfonamides is 1. The molecule has 2 heterocycles. The van der Waals surface area contributed by atoms with Crippen molar-refractivity contribution in [1.29, 1.82) is 0 Å². The van der Waals surface area contributed by atoms with E-state index < -0.39 is 22.0 Å². The molecule has 1 aromatic rings. The zero-order valence-electron chi connectivity index (χ0n) is 12.5. The molecule has 0 aromatic carbocycles. The minimum Gasteiger partial charge on any atom is -0.465 e. The molecule has 7 nitrogen and oxygen atoms in total. The third-order valence-electron chi connectivity index (χ3n) is 3.64. The van der Waals surface area contributed by atoms with Crippen LogP contribution < -0.4 is 0 Å². The predicted molar refractivity (Wildman–Crippen MR) is 76.2 cm³/mol. The summed E-state index contributed by atoms with van der Waals surface area (Å²) in [6.45, 7) is 5.59. The first kappa shape index (κ1) is 16.0. The molecular formula is C13H21N3O4S. The summed E-state index contributed by atoms with van der Waals surface area (Å²) in [6.07, 6.45) is 2.05. The van der Waals surface area contributed by atoms with Crippen LogP contribution in [0.5, 0.6) is 0 Å². The standard InChI is InChI=1S/C13H21N3O4S/c1-4-20-13(17)11-7-5-6-8-16(11)21(18,19)12-9(2)14-15-10(12)3/h11H,4-8H2,1-3H3,(H,14,15). The number of carbonyl (C=O) groups is 1. The Labute approximate surface area is 124 Å². The lowest BCUT2D eigenvalue weighted by molar-refractivity contribution is -0.148. The van der Waals surface area contributed by atoms with E-state index in [2.05, 4.69) is 10.2 Å². The smallest absolute Gasteiger partial charge is 0.324 e. The lowest BCUT2D eigenvalue weighted by Gasteiger charge is -2.32. The minimum absolute atomic E-state index is 0.165. The van der Waals surface area contributed by atoms with Gasteiger partial charge in [-0.3, -0.25) is 9.89 Å². The summed E-state index contributed by atoms with van der Waals surface area (Å²) in [5, 5.41) is 6.62. The van der Waals surface area contributed by atoms with Gasteiger partial charge in [0, 0.05) is 6.54 Å². The van der Waals surface area contributed by atoms with Crippen molar-refractivity contribution in [2.45, 2.75) is 51.0 Å². The number of aryl methyl sites for hydroxylation is 2. The number of nitrogens with zero attached hydrogens (tertiary/aromatic N) is 2. The summed E-state index contributed by atoms with van der Waals surface area (Å²) in [7, 11) is -3.75. The Morgan fingerprint density at radius 1 is 1.43 bits per heavy atom. The number of esters is 1. The number of H-pyrrole nitrogens is 1. The second-order valence-corrected chi connectivity index (χ2v) is 6.97. The summed E-state index contributed by atoms with van der Waals surface area (Å²) in [5.74, 6) is -0.473. The lowest BCUT2D eigenvalue weighted by Crippen LogP contribution is -2.48. The van der Waals surface area contributed by atoms with Crippen molar-refractivity contribution in [1.82, 2.24) is 14.5 Å². The molecule has 0 spiro atoms. The number of hydrogen-bond acceptors (Lipinski definition) is 5. The van der Waals surface area contributed by atoms with Gasteiger partial charge in [0.1, 0.15) is 10.9 Å². The molecule has 1 aliphatic rings. The van der Waals surface area contributed by atoms with E-state index in [4.69, 9.17) is 4.74 Å². The second kappa shape index (κ2) is 6.15. The van der Waals surface area contributed by atoms with Crippen LogP contribution in [0.25, 0.3) is 0 Å². The first-order chi connectivity index (χ1) is 9.89. The van der Waals surface area contributed by atoms with Gasteiger partial charge in [0.05, 0.1) is 18.0 Å². The van der Waals surface area contributed by atoms with Crippen LogP contribution in [-0.2, 0) is 19.6 Å². The molecule has 1 aromatic heterocycles. The fraction of sp³-hybridized carbons (Fsp3) is 0.692. The third kappa shape index (κ3) is 2.96. The molecule has 0 amide bonds. The molecule has 0 radical (unpaired) electrons. The van der Waals surface area contributed by atoms with E-state index >= 15 is 0 Å². The van der Waals surface area contributed by atoms with E-state index in [1.165, 1.54) is 4.31 Å². The summed E-state index contributed by atoms with van der Waals surface area (Å²) in [5.41, 5.74) is 0.904. The van der Waals surface area contributed by atoms with Gasteiger partial charge >= 0.3 is 5.97 Å². The van der Waals surface area contributed by atoms with Gasteiger partial charge in [-0.05, 0) is 40.0 Å². The highest BCUT2D eigenvalue weighted by Crippen LogP contribution is 2.28. The zero-order valence-corrected chi connectivity index (χ0v) is 13.4. The van der Waals surface area contributed by atoms with Gasteiger partial charge in [0.25, 0.3) is 0 Å². The van der Waals surface area contributed by atoms with Gasteiger partial charge in [0.2, 0.25) is 10.0 Å². The molecule has 0 aliphatic carbocycles. The molecule has 1 saturated heterocycles. The fourth-order valence-corrected chi connectivity index (χ4v) is 4.69. The van der Waals surface area contributed by atoms with Crippen LogP contribution in [-0.4, -0.2) is 48.1 Å². The van der Waals surface area contributed by atoms with Crippen molar-refractivity contribution < 1.29 is 17.9 Å². The van der Waals surface area contributed by atoms with Crippen LogP contribution in [0.3, 0.4) is 0 Å². The predicted octanol–water partition coefficient (Wildman–Crippen LogP) is 1.13. The van der Waals surface area contributed by atoms with Crippen LogP contribution in [0.4, 0.5) is 0 Å². The number of nitrogens with one attached hydrogen (secondary N) is 1. The summed E-state index contributed by atoms with van der Waals surface area (Å²) >= 11 is 0. The Bertz CT molecular complexity index is 604. The first-order valence-corrected chi connectivity index (χ1v) is 8.53. The second-order valence-electron chi connectivity index (χ2n) is 5.14. The molecule has 1 fully saturated rings. The summed E-state index contributed by atoms with van der Waals surface area (Å²) in [6, 6.07) is -0.739. The van der Waals surface area contributed by atoms with E-state index in [1.54, 1.807) is 20.8 Å². The van der Waals surface area contributed by atoms with Gasteiger partial charge in [-0.1, -0.05) is 0 Å². The Morgan fingerprint density at radius 2 is 2.14 bits per heavy atom. The van der Waals surface area contributed by atoms with E-state index in [0.717, 1.165) is 12.8 Å². The van der Waals surface area contributed by atoms with Crippen molar-refractivity contribution in [3.8, 4) is 0 Å². The molecule has 8 heteroatoms. The van der Waals surface area contributed by atoms with Crippen molar-refractivity contribution in [3.05, 3.63) is 11.4 Å². The number of rotatable bonds is 4. The van der Waals surface area contributed by atoms with Crippen molar-refractivity contribution in [2.75, 3.05) is 13.2 Å². The number of hydrogen-bond donors (Lipinski definition) is 1. The average molecular weight is 315 g/mol. The third-order valence-corrected chi connectivity index (χ3v) is 5.81. The molecule has 1 N–H and O–H groups in total. The lowest BCUT2D eigenvalue weighted by atomic mass is 10.1. The number of aromatic nitrogens is 2. The maximum Gasteiger partial charge on any atom is 0.324 e. The maximum atomic E-state index is 12.9. The summed E-state index contributed by atoms with van der Waals surface area (Å²) in [4.78, 5) is 12.2. The molecule has 1 unspecified atom stereocenters. The van der Waals surface area contributed by atoms with E-state index in [-0.39, 0.29) is 11.5 Å². The molecule has 1 aliphatic heterocycles. The number of ether oxygens (including phenoxy) is 1. The summed E-state index contributed by atoms with van der Waals surface area (Å²) < 4.78 is 32.0. The molecule has 21 heavy (non-hydrogen) atoms. The largest absolute Gasteiger partial charge is 0.465 e. The Morgan fingerprint density at radius 3 is 2.71 bits per heavy atom. The van der Waals surface area contributed by atoms with Crippen molar-refractivity contribution >= 4 is 16.0 Å². The zero-order chi connectivity index (χ0) is 15.6. The van der Waals surface area contributed by atoms with E-state index in [0.29, 0.717) is 24.4 Å². The highest BCUT2D eigenvalue weighted by atomic mass is 32.2. The molecule has 118 valence electrons. The first-order valence-electron chi connectivity index (χ1n) is 7.09. The maximum absolute atomic E-state index is 12.9. The minimum atomic E-state index is -3.75. The van der Waals surface area contributed by atoms with Gasteiger partial charge in [-0.2, -0.15) is 9.40 Å². The van der Waals surface area contributed by atoms with Crippen molar-refractivity contribution in [3.63, 3.8) is 0 Å². The van der Waals surface area contributed by atoms with Gasteiger partial charge in [0.15, 0.2) is 0 Å². The average Bonchev–Trinajstić information content (AvgIpc) is 2.79. The van der Waals surface area contributed by atoms with Crippen LogP contribution in [0.1, 0.15) is 37.6 Å². The van der Waals surface area contributed by atoms with Crippen LogP contribution in [0.2, 0.25) is 0 Å². The van der Waals surface area contributed by atoms with Crippen LogP contribution >= 0.6 is 0 Å². The molecule has 1 atom stereocenters. The number of piperidine rings is 1. The van der Waals surface area contributed by atoms with Crippen molar-refractivity contribution in [2.24, 2.45) is 0 Å². The highest BCUT2D eigenvalue weighted by Gasteiger charge is 2.40. The Kier molecular flexibility index (Phi) is 4.67. The normalized spacial score (nSPS) is 20.4. The Hall–Kier alpha value is -1.41. The topological polar surface area (TPSA) is 92.4 Å². The van der Waals surface area contributed by atoms with Gasteiger partial charge < -0.3 is 4.74 Å². The quantitative estimate of drug-likeness (QED) is 0.841. The Balaban J connectivity index is 2.39. The number of carbonyl (C=O) groups excluding carboxylic acids is 1. The number of aromatic amines is 1. The SMILES string of the molecule is CCOC(=O)C1CCCCN1S(=O)(=O)c1c(C)n[nH]c1C.